The summed E-state index contributed by atoms with van der Waals surface area (Å²) in [5.41, 5.74) is 7.60. The van der Waals surface area contributed by atoms with E-state index in [2.05, 4.69) is 32.5 Å². The molecule has 158 valence electrons. The Bertz CT molecular complexity index is 1260. The molecule has 2 N–H and O–H groups in total. The van der Waals surface area contributed by atoms with Crippen molar-refractivity contribution in [3.8, 4) is 11.3 Å². The number of carbonyl (C=O) groups is 1. The van der Waals surface area contributed by atoms with Gasteiger partial charge in [-0.15, -0.1) is 0 Å². The van der Waals surface area contributed by atoms with Gasteiger partial charge in [-0.2, -0.15) is 5.10 Å². The number of nitrogens with zero attached hydrogens (tertiary/aromatic N) is 3. The van der Waals surface area contributed by atoms with Crippen LogP contribution in [0.2, 0.25) is 0 Å². The molecule has 1 aliphatic rings. The lowest BCUT2D eigenvalue weighted by atomic mass is 9.85. The van der Waals surface area contributed by atoms with Crippen LogP contribution in [0.1, 0.15) is 34.3 Å². The van der Waals surface area contributed by atoms with E-state index in [4.69, 9.17) is 4.98 Å². The minimum Gasteiger partial charge on any atom is -0.351 e. The topological polar surface area (TPSA) is 73.9 Å². The number of hydrogen-bond acceptors (Lipinski definition) is 4. The van der Waals surface area contributed by atoms with Crippen molar-refractivity contribution >= 4 is 27.7 Å². The lowest BCUT2D eigenvalue weighted by Gasteiger charge is -2.22. The van der Waals surface area contributed by atoms with E-state index in [9.17, 15) is 4.79 Å². The first-order valence-electron chi connectivity index (χ1n) is 10.9. The molecule has 0 unspecified atom stereocenters. The van der Waals surface area contributed by atoms with Crippen molar-refractivity contribution in [1.82, 2.24) is 25.4 Å². The van der Waals surface area contributed by atoms with Gasteiger partial charge >= 0.3 is 0 Å². The van der Waals surface area contributed by atoms with Crippen LogP contribution in [-0.2, 0) is 12.8 Å². The van der Waals surface area contributed by atoms with Gasteiger partial charge in [0, 0.05) is 35.0 Å². The zero-order valence-corrected chi connectivity index (χ0v) is 18.0. The van der Waals surface area contributed by atoms with Crippen LogP contribution in [0.15, 0.2) is 42.6 Å². The van der Waals surface area contributed by atoms with Gasteiger partial charge in [-0.3, -0.25) is 9.89 Å². The maximum absolute atomic E-state index is 12.4. The van der Waals surface area contributed by atoms with Crippen LogP contribution in [0.3, 0.4) is 0 Å². The first kappa shape index (κ1) is 19.7. The SMILES string of the molecule is CN(C)CCNC(=O)c1ccc(-c2nc3ccc4[nH]ncc4c3c3c2CCCC3)cc1. The molecule has 2 aromatic heterocycles. The third kappa shape index (κ3) is 3.68. The highest BCUT2D eigenvalue weighted by Gasteiger charge is 2.21. The number of benzene rings is 2. The van der Waals surface area contributed by atoms with Crippen LogP contribution in [0.4, 0.5) is 0 Å². The van der Waals surface area contributed by atoms with Crippen molar-refractivity contribution in [3.63, 3.8) is 0 Å². The number of amides is 1. The summed E-state index contributed by atoms with van der Waals surface area (Å²) in [5, 5.41) is 12.7. The van der Waals surface area contributed by atoms with Gasteiger partial charge in [-0.1, -0.05) is 12.1 Å². The molecule has 0 bridgehead atoms. The third-order valence-corrected chi connectivity index (χ3v) is 6.15. The summed E-state index contributed by atoms with van der Waals surface area (Å²) in [7, 11) is 3.99. The molecule has 0 radical (unpaired) electrons. The van der Waals surface area contributed by atoms with Crippen LogP contribution >= 0.6 is 0 Å². The molecule has 1 aliphatic carbocycles. The van der Waals surface area contributed by atoms with E-state index < -0.39 is 0 Å². The van der Waals surface area contributed by atoms with E-state index in [0.29, 0.717) is 12.1 Å². The van der Waals surface area contributed by atoms with E-state index in [1.165, 1.54) is 29.4 Å². The Hall–Kier alpha value is -3.25. The van der Waals surface area contributed by atoms with E-state index in [-0.39, 0.29) is 5.91 Å². The predicted molar refractivity (Wildman–Crippen MR) is 124 cm³/mol. The maximum atomic E-state index is 12.4. The monoisotopic (exact) mass is 413 g/mol. The van der Waals surface area contributed by atoms with Crippen molar-refractivity contribution in [2.75, 3.05) is 27.2 Å². The highest BCUT2D eigenvalue weighted by atomic mass is 16.1. The van der Waals surface area contributed by atoms with E-state index >= 15 is 0 Å². The molecule has 2 heterocycles. The number of pyridine rings is 1. The van der Waals surface area contributed by atoms with Crippen LogP contribution in [0.5, 0.6) is 0 Å². The number of nitrogens with one attached hydrogen (secondary N) is 2. The number of fused-ring (bicyclic) bond motifs is 5. The van der Waals surface area contributed by atoms with Crippen LogP contribution in [0, 0.1) is 0 Å². The van der Waals surface area contributed by atoms with Crippen molar-refractivity contribution in [3.05, 3.63) is 59.3 Å². The molecule has 0 atom stereocenters. The molecule has 0 aliphatic heterocycles. The second-order valence-corrected chi connectivity index (χ2v) is 8.55. The zero-order chi connectivity index (χ0) is 21.4. The van der Waals surface area contributed by atoms with Crippen molar-refractivity contribution in [2.24, 2.45) is 0 Å². The minimum absolute atomic E-state index is 0.0377. The number of aromatic nitrogens is 3. The fourth-order valence-electron chi connectivity index (χ4n) is 4.56. The molecule has 2 aromatic carbocycles. The summed E-state index contributed by atoms with van der Waals surface area (Å²) in [6.45, 7) is 1.46. The molecule has 4 aromatic rings. The summed E-state index contributed by atoms with van der Waals surface area (Å²) in [6.07, 6.45) is 6.40. The highest BCUT2D eigenvalue weighted by molar-refractivity contribution is 6.07. The first-order chi connectivity index (χ1) is 15.1. The Labute approximate surface area is 181 Å². The summed E-state index contributed by atoms with van der Waals surface area (Å²) in [5.74, 6) is -0.0377. The molecule has 5 rings (SSSR count). The second-order valence-electron chi connectivity index (χ2n) is 8.55. The van der Waals surface area contributed by atoms with Crippen molar-refractivity contribution in [2.45, 2.75) is 25.7 Å². The standard InChI is InChI=1S/C25H27N5O/c1-30(2)14-13-26-25(31)17-9-7-16(8-10-17)24-19-6-4-3-5-18(19)23-20-15-27-29-21(20)11-12-22(23)28-24/h7-12,15H,3-6,13-14H2,1-2H3,(H,26,31)(H,27,29). The fourth-order valence-corrected chi connectivity index (χ4v) is 4.56. The van der Waals surface area contributed by atoms with Gasteiger partial charge in [0.05, 0.1) is 22.9 Å². The Morgan fingerprint density at radius 2 is 1.84 bits per heavy atom. The smallest absolute Gasteiger partial charge is 0.251 e. The quantitative estimate of drug-likeness (QED) is 0.520. The number of likely N-dealkylation sites (N-methyl/N-ethyl adjacent to an activating group) is 1. The van der Waals surface area contributed by atoms with Gasteiger partial charge in [0.2, 0.25) is 0 Å². The van der Waals surface area contributed by atoms with E-state index in [1.54, 1.807) is 0 Å². The maximum Gasteiger partial charge on any atom is 0.251 e. The zero-order valence-electron chi connectivity index (χ0n) is 18.0. The van der Waals surface area contributed by atoms with E-state index in [1.807, 2.05) is 44.6 Å². The molecular formula is C25H27N5O. The Balaban J connectivity index is 1.53. The average Bonchev–Trinajstić information content (AvgIpc) is 3.27. The highest BCUT2D eigenvalue weighted by Crippen LogP contribution is 2.37. The van der Waals surface area contributed by atoms with Gasteiger partial charge in [0.15, 0.2) is 0 Å². The van der Waals surface area contributed by atoms with Gasteiger partial charge in [-0.25, -0.2) is 4.98 Å². The molecular weight excluding hydrogens is 386 g/mol. The van der Waals surface area contributed by atoms with Gasteiger partial charge in [0.25, 0.3) is 5.91 Å². The minimum atomic E-state index is -0.0377. The Morgan fingerprint density at radius 3 is 2.61 bits per heavy atom. The lowest BCUT2D eigenvalue weighted by Crippen LogP contribution is -2.31. The van der Waals surface area contributed by atoms with Gasteiger partial charge in [0.1, 0.15) is 0 Å². The molecule has 6 nitrogen and oxygen atoms in total. The van der Waals surface area contributed by atoms with Crippen LogP contribution in [-0.4, -0.2) is 53.2 Å². The Morgan fingerprint density at radius 1 is 1.06 bits per heavy atom. The molecule has 31 heavy (non-hydrogen) atoms. The number of rotatable bonds is 5. The van der Waals surface area contributed by atoms with E-state index in [0.717, 1.165) is 47.1 Å². The number of H-pyrrole nitrogens is 1. The largest absolute Gasteiger partial charge is 0.351 e. The lowest BCUT2D eigenvalue weighted by molar-refractivity contribution is 0.0951. The fraction of sp³-hybridized carbons (Fsp3) is 0.320. The number of hydrogen-bond donors (Lipinski definition) is 2. The predicted octanol–water partition coefficient (Wildman–Crippen LogP) is 3.95. The van der Waals surface area contributed by atoms with Crippen LogP contribution < -0.4 is 5.32 Å². The number of aryl methyl sites for hydroxylation is 1. The summed E-state index contributed by atoms with van der Waals surface area (Å²) in [6, 6.07) is 12.0. The van der Waals surface area contributed by atoms with Crippen LogP contribution in [0.25, 0.3) is 33.1 Å². The summed E-state index contributed by atoms with van der Waals surface area (Å²) < 4.78 is 0. The Kier molecular flexibility index (Phi) is 5.16. The normalized spacial score (nSPS) is 13.6. The molecule has 0 saturated heterocycles. The molecule has 1 amide bonds. The van der Waals surface area contributed by atoms with Gasteiger partial charge < -0.3 is 10.2 Å². The van der Waals surface area contributed by atoms with Gasteiger partial charge in [-0.05, 0) is 75.2 Å². The summed E-state index contributed by atoms with van der Waals surface area (Å²) >= 11 is 0. The third-order valence-electron chi connectivity index (χ3n) is 6.15. The molecule has 0 fully saturated rings. The summed E-state index contributed by atoms with van der Waals surface area (Å²) in [4.78, 5) is 19.6. The van der Waals surface area contributed by atoms with Crippen molar-refractivity contribution in [1.29, 1.82) is 0 Å². The number of carbonyl (C=O) groups excluding carboxylic acids is 1. The molecule has 0 spiro atoms. The first-order valence-corrected chi connectivity index (χ1v) is 10.9. The van der Waals surface area contributed by atoms with Crippen molar-refractivity contribution < 1.29 is 4.79 Å². The average molecular weight is 414 g/mol. The molecule has 6 heteroatoms. The second kappa shape index (κ2) is 8.12. The molecule has 0 saturated carbocycles. The number of aromatic amines is 1.